The molecule has 4 heterocycles. The van der Waals surface area contributed by atoms with Crippen LogP contribution >= 0.6 is 0 Å². The highest BCUT2D eigenvalue weighted by molar-refractivity contribution is 5.86. The van der Waals surface area contributed by atoms with Crippen LogP contribution in [0.1, 0.15) is 102 Å². The molecule has 1 aliphatic carbocycles. The average Bonchev–Trinajstić information content (AvgIpc) is 3.98. The molecule has 4 atom stereocenters. The molecule has 2 aromatic heterocycles. The molecule has 0 bridgehead atoms. The first-order chi connectivity index (χ1) is 25.8. The Morgan fingerprint density at radius 1 is 0.889 bits per heavy atom. The molecule has 2 aromatic carbocycles. The lowest BCUT2D eigenvalue weighted by Crippen LogP contribution is -2.51. The van der Waals surface area contributed by atoms with Crippen LogP contribution in [0.2, 0.25) is 0 Å². The van der Waals surface area contributed by atoms with Crippen molar-refractivity contribution in [2.45, 2.75) is 104 Å². The Bertz CT molecular complexity index is 2030. The standard InChI is InChI=1S/C42H53N7O5/c1-8-25-17-19-49(41(52)54-42(4,5)6)36(25)38-44-23-33(46-38)29-14-16-31-27(21-29)12-11-26-20-28(13-15-30(26)31)32-22-43-37(45-32)34-10-9-18-48(34)39(50)35(24(2)3)47-40(51)53-7/h13-16,20-25,34-36H,8-12,17-19H2,1-7H3,(H,43,45)(H,44,46)(H,47,51). The summed E-state index contributed by atoms with van der Waals surface area (Å²) in [4.78, 5) is 59.0. The fourth-order valence-corrected chi connectivity index (χ4v) is 8.39. The number of nitrogens with one attached hydrogen (secondary N) is 3. The molecule has 0 radical (unpaired) electrons. The molecular weight excluding hydrogens is 683 g/mol. The van der Waals surface area contributed by atoms with Crippen molar-refractivity contribution < 1.29 is 23.9 Å². The molecule has 3 N–H and O–H groups in total. The number of nitrogens with zero attached hydrogens (tertiary/aromatic N) is 4. The van der Waals surface area contributed by atoms with Crippen LogP contribution < -0.4 is 5.32 Å². The van der Waals surface area contributed by atoms with E-state index in [1.807, 2.05) is 56.8 Å². The predicted octanol–water partition coefficient (Wildman–Crippen LogP) is 7.98. The molecule has 3 amide bonds. The number of rotatable bonds is 8. The Morgan fingerprint density at radius 3 is 2.07 bits per heavy atom. The molecule has 54 heavy (non-hydrogen) atoms. The number of H-pyrrole nitrogens is 2. The second-order valence-corrected chi connectivity index (χ2v) is 16.2. The van der Waals surface area contributed by atoms with E-state index in [9.17, 15) is 14.4 Å². The highest BCUT2D eigenvalue weighted by Gasteiger charge is 2.41. The number of carbonyl (C=O) groups is 3. The van der Waals surface area contributed by atoms with E-state index in [2.05, 4.69) is 58.6 Å². The van der Waals surface area contributed by atoms with Crippen molar-refractivity contribution >= 4 is 18.1 Å². The maximum atomic E-state index is 13.6. The fourth-order valence-electron chi connectivity index (χ4n) is 8.39. The summed E-state index contributed by atoms with van der Waals surface area (Å²) in [6.07, 6.45) is 8.22. The lowest BCUT2D eigenvalue weighted by atomic mass is 9.83. The number of amides is 3. The monoisotopic (exact) mass is 735 g/mol. The van der Waals surface area contributed by atoms with Crippen molar-refractivity contribution in [3.63, 3.8) is 0 Å². The largest absolute Gasteiger partial charge is 0.453 e. The average molecular weight is 736 g/mol. The number of hydrogen-bond donors (Lipinski definition) is 3. The number of aromatic nitrogens is 4. The molecule has 12 heteroatoms. The van der Waals surface area contributed by atoms with E-state index < -0.39 is 17.7 Å². The number of fused-ring (bicyclic) bond motifs is 3. The van der Waals surface area contributed by atoms with E-state index in [1.165, 1.54) is 29.4 Å². The van der Waals surface area contributed by atoms with Gasteiger partial charge in [0.15, 0.2) is 0 Å². The summed E-state index contributed by atoms with van der Waals surface area (Å²) >= 11 is 0. The van der Waals surface area contributed by atoms with Gasteiger partial charge in [0.2, 0.25) is 5.91 Å². The third-order valence-electron chi connectivity index (χ3n) is 11.2. The molecule has 4 unspecified atom stereocenters. The van der Waals surface area contributed by atoms with Crippen LogP contribution in [0.15, 0.2) is 48.8 Å². The van der Waals surface area contributed by atoms with Crippen molar-refractivity contribution in [1.82, 2.24) is 35.1 Å². The van der Waals surface area contributed by atoms with Crippen LogP contribution in [0.25, 0.3) is 33.6 Å². The van der Waals surface area contributed by atoms with E-state index in [1.54, 1.807) is 0 Å². The first-order valence-corrected chi connectivity index (χ1v) is 19.4. The number of alkyl carbamates (subject to hydrolysis) is 1. The smallest absolute Gasteiger partial charge is 0.410 e. The molecule has 3 aliphatic rings. The van der Waals surface area contributed by atoms with Crippen LogP contribution in [0, 0.1) is 11.8 Å². The lowest BCUT2D eigenvalue weighted by Gasteiger charge is -2.30. The van der Waals surface area contributed by atoms with Crippen molar-refractivity contribution in [3.8, 4) is 33.6 Å². The van der Waals surface area contributed by atoms with Crippen molar-refractivity contribution in [2.24, 2.45) is 11.8 Å². The Balaban J connectivity index is 1.07. The highest BCUT2D eigenvalue weighted by Crippen LogP contribution is 2.41. The molecular formula is C42H53N7O5. The first-order valence-electron chi connectivity index (χ1n) is 19.4. The quantitative estimate of drug-likeness (QED) is 0.166. The number of hydrogen-bond acceptors (Lipinski definition) is 7. The maximum absolute atomic E-state index is 13.6. The number of likely N-dealkylation sites (tertiary alicyclic amines) is 2. The zero-order valence-corrected chi connectivity index (χ0v) is 32.5. The van der Waals surface area contributed by atoms with E-state index in [-0.39, 0.29) is 30.0 Å². The Labute approximate surface area is 317 Å². The number of methoxy groups -OCH3 is 1. The number of benzene rings is 2. The molecule has 0 spiro atoms. The highest BCUT2D eigenvalue weighted by atomic mass is 16.6. The van der Waals surface area contributed by atoms with E-state index >= 15 is 0 Å². The van der Waals surface area contributed by atoms with Crippen LogP contribution in [-0.4, -0.2) is 79.7 Å². The number of ether oxygens (including phenoxy) is 2. The zero-order chi connectivity index (χ0) is 38.3. The van der Waals surface area contributed by atoms with Gasteiger partial charge in [-0.2, -0.15) is 0 Å². The number of imidazole rings is 2. The minimum Gasteiger partial charge on any atom is -0.453 e. The molecule has 2 aliphatic heterocycles. The number of aryl methyl sites for hydroxylation is 2. The summed E-state index contributed by atoms with van der Waals surface area (Å²) in [5.74, 6) is 1.66. The second-order valence-electron chi connectivity index (χ2n) is 16.2. The first kappa shape index (κ1) is 37.2. The molecule has 4 aromatic rings. The van der Waals surface area contributed by atoms with Crippen LogP contribution in [0.4, 0.5) is 9.59 Å². The van der Waals surface area contributed by atoms with Gasteiger partial charge >= 0.3 is 12.2 Å². The molecule has 0 saturated carbocycles. The minimum absolute atomic E-state index is 0.0930. The van der Waals surface area contributed by atoms with Crippen LogP contribution in [0.5, 0.6) is 0 Å². The van der Waals surface area contributed by atoms with Gasteiger partial charge in [0, 0.05) is 13.1 Å². The molecule has 2 fully saturated rings. The van der Waals surface area contributed by atoms with Crippen molar-refractivity contribution in [1.29, 1.82) is 0 Å². The minimum atomic E-state index is -0.675. The van der Waals surface area contributed by atoms with E-state index in [0.717, 1.165) is 72.7 Å². The van der Waals surface area contributed by atoms with Gasteiger partial charge in [-0.3, -0.25) is 9.69 Å². The molecule has 12 nitrogen and oxygen atoms in total. The molecule has 7 rings (SSSR count). The topological polar surface area (TPSA) is 146 Å². The summed E-state index contributed by atoms with van der Waals surface area (Å²) in [5, 5.41) is 2.72. The van der Waals surface area contributed by atoms with Gasteiger partial charge in [-0.25, -0.2) is 19.6 Å². The normalized spacial score (nSPS) is 20.1. The third-order valence-corrected chi connectivity index (χ3v) is 11.2. The summed E-state index contributed by atoms with van der Waals surface area (Å²) < 4.78 is 10.5. The zero-order valence-electron chi connectivity index (χ0n) is 32.5. The van der Waals surface area contributed by atoms with E-state index in [4.69, 9.17) is 19.4 Å². The lowest BCUT2D eigenvalue weighted by molar-refractivity contribution is -0.135. The van der Waals surface area contributed by atoms with Crippen molar-refractivity contribution in [2.75, 3.05) is 20.2 Å². The fraction of sp³-hybridized carbons (Fsp3) is 0.500. The maximum Gasteiger partial charge on any atom is 0.410 e. The third kappa shape index (κ3) is 7.35. The summed E-state index contributed by atoms with van der Waals surface area (Å²) in [6, 6.07) is 12.2. The van der Waals surface area contributed by atoms with Gasteiger partial charge in [-0.1, -0.05) is 51.5 Å². The summed E-state index contributed by atoms with van der Waals surface area (Å²) in [5.41, 5.74) is 8.47. The van der Waals surface area contributed by atoms with Gasteiger partial charge in [-0.15, -0.1) is 0 Å². The van der Waals surface area contributed by atoms with Gasteiger partial charge in [-0.05, 0) is 110 Å². The van der Waals surface area contributed by atoms with Gasteiger partial charge < -0.3 is 29.7 Å². The number of carbonyl (C=O) groups excluding carboxylic acids is 3. The Kier molecular flexibility index (Phi) is 10.3. The van der Waals surface area contributed by atoms with Gasteiger partial charge in [0.1, 0.15) is 23.3 Å². The van der Waals surface area contributed by atoms with Crippen LogP contribution in [0.3, 0.4) is 0 Å². The Morgan fingerprint density at radius 2 is 1.50 bits per heavy atom. The summed E-state index contributed by atoms with van der Waals surface area (Å²) in [6.45, 7) is 13.0. The Hall–Kier alpha value is -5.13. The van der Waals surface area contributed by atoms with Gasteiger partial charge in [0.05, 0.1) is 43.0 Å². The van der Waals surface area contributed by atoms with Crippen molar-refractivity contribution in [3.05, 3.63) is 71.6 Å². The van der Waals surface area contributed by atoms with E-state index in [0.29, 0.717) is 19.0 Å². The SMILES string of the molecule is CCC1CCN(C(=O)OC(C)(C)C)C1c1ncc(-c2ccc3c(c2)CCc2cc(-c4cnc(C5CCCN5C(=O)C(NC(=O)OC)C(C)C)[nH]4)ccc2-3)[nH]1. The molecule has 286 valence electrons. The number of aromatic amines is 2. The second kappa shape index (κ2) is 14.9. The van der Waals surface area contributed by atoms with Crippen LogP contribution in [-0.2, 0) is 27.1 Å². The van der Waals surface area contributed by atoms with Gasteiger partial charge in [0.25, 0.3) is 0 Å². The summed E-state index contributed by atoms with van der Waals surface area (Å²) in [7, 11) is 1.30. The predicted molar refractivity (Wildman–Crippen MR) is 206 cm³/mol. The molecule has 2 saturated heterocycles.